The molecule has 0 radical (unpaired) electrons. The van der Waals surface area contributed by atoms with Gasteiger partial charge in [0.2, 0.25) is 0 Å². The number of aromatic amines is 1. The third kappa shape index (κ3) is 3.29. The van der Waals surface area contributed by atoms with Gasteiger partial charge in [0, 0.05) is 17.8 Å². The van der Waals surface area contributed by atoms with E-state index in [2.05, 4.69) is 20.3 Å². The molecule has 110 valence electrons. The number of nitrogens with zero attached hydrogens (tertiary/aromatic N) is 2. The van der Waals surface area contributed by atoms with Gasteiger partial charge in [0.15, 0.2) is 11.4 Å². The van der Waals surface area contributed by atoms with Crippen molar-refractivity contribution in [3.05, 3.63) is 30.1 Å². The molecule has 2 aromatic rings. The minimum atomic E-state index is 0.0597. The van der Waals surface area contributed by atoms with Gasteiger partial charge in [-0.05, 0) is 32.3 Å². The van der Waals surface area contributed by atoms with Crippen LogP contribution in [0, 0.1) is 0 Å². The number of allylic oxidation sites excluding steroid dienone is 2. The van der Waals surface area contributed by atoms with E-state index in [1.807, 2.05) is 12.3 Å². The van der Waals surface area contributed by atoms with Crippen LogP contribution in [0.4, 0.5) is 5.82 Å². The van der Waals surface area contributed by atoms with Crippen LogP contribution in [0.5, 0.6) is 0 Å². The Morgan fingerprint density at radius 3 is 3.05 bits per heavy atom. The lowest BCUT2D eigenvalue weighted by atomic mass is 10.2. The molecule has 0 unspecified atom stereocenters. The Hall–Kier alpha value is -2.17. The van der Waals surface area contributed by atoms with Crippen LogP contribution in [0.1, 0.15) is 38.2 Å². The second-order valence-electron chi connectivity index (χ2n) is 5.61. The summed E-state index contributed by atoms with van der Waals surface area (Å²) in [5.74, 6) is 0.898. The molecule has 5 heteroatoms. The first kappa shape index (κ1) is 13.8. The van der Waals surface area contributed by atoms with Crippen LogP contribution in [-0.2, 0) is 11.2 Å². The highest BCUT2D eigenvalue weighted by molar-refractivity contribution is 5.87. The maximum atomic E-state index is 11.0. The van der Waals surface area contributed by atoms with Crippen molar-refractivity contribution >= 4 is 22.8 Å². The van der Waals surface area contributed by atoms with Crippen LogP contribution in [0.3, 0.4) is 0 Å². The van der Waals surface area contributed by atoms with Crippen molar-refractivity contribution in [2.24, 2.45) is 0 Å². The van der Waals surface area contributed by atoms with Crippen LogP contribution in [0.2, 0.25) is 0 Å². The predicted molar refractivity (Wildman–Crippen MR) is 83.3 cm³/mol. The lowest BCUT2D eigenvalue weighted by Gasteiger charge is -2.11. The van der Waals surface area contributed by atoms with Gasteiger partial charge < -0.3 is 10.3 Å². The number of carbonyl (C=O) groups is 1. The van der Waals surface area contributed by atoms with Gasteiger partial charge in [-0.15, -0.1) is 0 Å². The zero-order valence-electron chi connectivity index (χ0n) is 12.2. The first-order valence-electron chi connectivity index (χ1n) is 7.49. The maximum absolute atomic E-state index is 11.0. The average molecular weight is 284 g/mol. The first-order chi connectivity index (χ1) is 10.2. The van der Waals surface area contributed by atoms with Gasteiger partial charge in [-0.1, -0.05) is 18.9 Å². The van der Waals surface area contributed by atoms with E-state index in [4.69, 9.17) is 0 Å². The van der Waals surface area contributed by atoms with Gasteiger partial charge in [-0.2, -0.15) is 0 Å². The molecule has 0 amide bonds. The molecule has 1 aliphatic carbocycles. The lowest BCUT2D eigenvalue weighted by molar-refractivity contribution is -0.112. The Kier molecular flexibility index (Phi) is 3.99. The van der Waals surface area contributed by atoms with E-state index < -0.39 is 0 Å². The van der Waals surface area contributed by atoms with Crippen molar-refractivity contribution < 1.29 is 4.79 Å². The van der Waals surface area contributed by atoms with Gasteiger partial charge >= 0.3 is 0 Å². The number of fused-ring (bicyclic) bond motifs is 1. The van der Waals surface area contributed by atoms with Crippen molar-refractivity contribution in [3.63, 3.8) is 0 Å². The summed E-state index contributed by atoms with van der Waals surface area (Å²) in [4.78, 5) is 23.2. The molecule has 5 nitrogen and oxygen atoms in total. The van der Waals surface area contributed by atoms with E-state index in [1.54, 1.807) is 19.2 Å². The summed E-state index contributed by atoms with van der Waals surface area (Å²) in [6.07, 6.45) is 12.8. The van der Waals surface area contributed by atoms with Crippen molar-refractivity contribution in [1.82, 2.24) is 15.0 Å². The van der Waals surface area contributed by atoms with Gasteiger partial charge in [0.25, 0.3) is 0 Å². The highest BCUT2D eigenvalue weighted by Crippen LogP contribution is 2.23. The Morgan fingerprint density at radius 2 is 2.29 bits per heavy atom. The largest absolute Gasteiger partial charge is 0.366 e. The number of rotatable bonds is 5. The number of anilines is 1. The third-order valence-corrected chi connectivity index (χ3v) is 3.86. The minimum absolute atomic E-state index is 0.0597. The fraction of sp³-hybridized carbons (Fsp3) is 0.438. The molecule has 0 aromatic carbocycles. The molecular weight excluding hydrogens is 264 g/mol. The summed E-state index contributed by atoms with van der Waals surface area (Å²) in [5, 5.41) is 3.46. The normalized spacial score (nSPS) is 16.0. The Labute approximate surface area is 123 Å². The molecule has 1 fully saturated rings. The molecule has 0 spiro atoms. The van der Waals surface area contributed by atoms with E-state index in [-0.39, 0.29) is 5.78 Å². The number of hydrogen-bond acceptors (Lipinski definition) is 4. The standard InChI is InChI=1S/C16H20N4O/c1-11(21)5-4-6-12-9-17-16-15(12)20-14(10-18-16)19-13-7-2-3-8-13/h4-5,9-10,13H,2-3,6-8H2,1H3,(H,17,18)(H,19,20)/b5-4+. The number of H-pyrrole nitrogens is 1. The van der Waals surface area contributed by atoms with Gasteiger partial charge in [0.1, 0.15) is 11.3 Å². The monoisotopic (exact) mass is 284 g/mol. The summed E-state index contributed by atoms with van der Waals surface area (Å²) in [5.41, 5.74) is 2.73. The van der Waals surface area contributed by atoms with E-state index in [1.165, 1.54) is 25.7 Å². The summed E-state index contributed by atoms with van der Waals surface area (Å²) < 4.78 is 0. The SMILES string of the molecule is CC(=O)/C=C/Cc1c[nH]c2ncc(NC3CCCC3)nc12. The molecule has 0 atom stereocenters. The molecule has 2 aromatic heterocycles. The van der Waals surface area contributed by atoms with Crippen LogP contribution in [0.25, 0.3) is 11.2 Å². The molecule has 0 bridgehead atoms. The number of hydrogen-bond donors (Lipinski definition) is 2. The van der Waals surface area contributed by atoms with E-state index >= 15 is 0 Å². The third-order valence-electron chi connectivity index (χ3n) is 3.86. The molecule has 3 rings (SSSR count). The fourth-order valence-electron chi connectivity index (χ4n) is 2.80. The summed E-state index contributed by atoms with van der Waals surface area (Å²) >= 11 is 0. The molecule has 2 N–H and O–H groups in total. The Bertz CT molecular complexity index is 668. The second-order valence-corrected chi connectivity index (χ2v) is 5.61. The van der Waals surface area contributed by atoms with Crippen molar-refractivity contribution in [1.29, 1.82) is 0 Å². The first-order valence-corrected chi connectivity index (χ1v) is 7.49. The predicted octanol–water partition coefficient (Wildman–Crippen LogP) is 3.00. The number of ketones is 1. The maximum Gasteiger partial charge on any atom is 0.156 e. The van der Waals surface area contributed by atoms with Crippen LogP contribution < -0.4 is 5.32 Å². The molecule has 21 heavy (non-hydrogen) atoms. The van der Waals surface area contributed by atoms with Crippen molar-refractivity contribution in [2.45, 2.75) is 45.1 Å². The molecule has 2 heterocycles. The molecule has 0 saturated heterocycles. The quantitative estimate of drug-likeness (QED) is 0.828. The minimum Gasteiger partial charge on any atom is -0.366 e. The smallest absolute Gasteiger partial charge is 0.156 e. The summed E-state index contributed by atoms with van der Waals surface area (Å²) in [6.45, 7) is 1.55. The summed E-state index contributed by atoms with van der Waals surface area (Å²) in [6, 6.07) is 0.525. The van der Waals surface area contributed by atoms with Gasteiger partial charge in [0.05, 0.1) is 6.20 Å². The molecular formula is C16H20N4O. The van der Waals surface area contributed by atoms with E-state index in [9.17, 15) is 4.79 Å². The second kappa shape index (κ2) is 6.08. The number of carbonyl (C=O) groups excluding carboxylic acids is 1. The van der Waals surface area contributed by atoms with Crippen molar-refractivity contribution in [2.75, 3.05) is 5.32 Å². The van der Waals surface area contributed by atoms with Crippen molar-refractivity contribution in [3.8, 4) is 0 Å². The zero-order valence-corrected chi connectivity index (χ0v) is 12.2. The highest BCUT2D eigenvalue weighted by Gasteiger charge is 2.15. The average Bonchev–Trinajstić information content (AvgIpc) is 3.09. The lowest BCUT2D eigenvalue weighted by Crippen LogP contribution is -2.15. The number of aromatic nitrogens is 3. The van der Waals surface area contributed by atoms with Crippen LogP contribution in [-0.4, -0.2) is 26.8 Å². The number of nitrogens with one attached hydrogen (secondary N) is 2. The van der Waals surface area contributed by atoms with Gasteiger partial charge in [-0.25, -0.2) is 9.97 Å². The highest BCUT2D eigenvalue weighted by atomic mass is 16.1. The molecule has 1 saturated carbocycles. The van der Waals surface area contributed by atoms with Gasteiger partial charge in [-0.3, -0.25) is 4.79 Å². The van der Waals surface area contributed by atoms with E-state index in [0.717, 1.165) is 22.5 Å². The summed E-state index contributed by atoms with van der Waals surface area (Å²) in [7, 11) is 0. The Morgan fingerprint density at radius 1 is 1.48 bits per heavy atom. The topological polar surface area (TPSA) is 70.7 Å². The van der Waals surface area contributed by atoms with Crippen LogP contribution >= 0.6 is 0 Å². The zero-order chi connectivity index (χ0) is 14.7. The van der Waals surface area contributed by atoms with Crippen LogP contribution in [0.15, 0.2) is 24.5 Å². The molecule has 1 aliphatic rings. The Balaban J connectivity index is 1.79. The van der Waals surface area contributed by atoms with E-state index in [0.29, 0.717) is 12.5 Å². The molecule has 0 aliphatic heterocycles. The fourth-order valence-corrected chi connectivity index (χ4v) is 2.80.